The van der Waals surface area contributed by atoms with Gasteiger partial charge in [0.15, 0.2) is 0 Å². The van der Waals surface area contributed by atoms with Crippen LogP contribution in [-0.4, -0.2) is 4.98 Å². The molecule has 0 aliphatic heterocycles. The number of hydrogen-bond acceptors (Lipinski definition) is 2. The zero-order valence-electron chi connectivity index (χ0n) is 11.7. The third kappa shape index (κ3) is 2.76. The standard InChI is InChI=1S/C17H14BrClN2/c1-10-7-8-12(18)9-15(10)21-17-13-5-3-4-6-14(13)20-11(2)16(17)19/h3-9H,1-2H3,(H,20,21). The van der Waals surface area contributed by atoms with E-state index in [-0.39, 0.29) is 0 Å². The summed E-state index contributed by atoms with van der Waals surface area (Å²) in [5.41, 5.74) is 4.86. The molecule has 0 atom stereocenters. The summed E-state index contributed by atoms with van der Waals surface area (Å²) < 4.78 is 1.03. The zero-order valence-corrected chi connectivity index (χ0v) is 14.1. The quantitative estimate of drug-likeness (QED) is 0.604. The van der Waals surface area contributed by atoms with E-state index in [1.807, 2.05) is 37.3 Å². The zero-order chi connectivity index (χ0) is 15.0. The molecule has 0 saturated carbocycles. The number of hydrogen-bond donors (Lipinski definition) is 1. The molecule has 106 valence electrons. The number of aromatic nitrogens is 1. The van der Waals surface area contributed by atoms with Crippen LogP contribution in [0.25, 0.3) is 10.9 Å². The molecule has 0 unspecified atom stereocenters. The van der Waals surface area contributed by atoms with Crippen molar-refractivity contribution in [2.24, 2.45) is 0 Å². The van der Waals surface area contributed by atoms with Crippen LogP contribution in [0.2, 0.25) is 5.02 Å². The normalized spacial score (nSPS) is 10.9. The lowest BCUT2D eigenvalue weighted by atomic mass is 10.1. The number of benzene rings is 2. The summed E-state index contributed by atoms with van der Waals surface area (Å²) in [6.07, 6.45) is 0. The van der Waals surface area contributed by atoms with Gasteiger partial charge in [0, 0.05) is 15.5 Å². The molecule has 0 amide bonds. The van der Waals surface area contributed by atoms with Crippen molar-refractivity contribution in [3.63, 3.8) is 0 Å². The Labute approximate surface area is 137 Å². The summed E-state index contributed by atoms with van der Waals surface area (Å²) in [6.45, 7) is 3.99. The predicted molar refractivity (Wildman–Crippen MR) is 93.7 cm³/mol. The van der Waals surface area contributed by atoms with Crippen molar-refractivity contribution in [3.05, 3.63) is 63.2 Å². The average Bonchev–Trinajstić information content (AvgIpc) is 2.47. The summed E-state index contributed by atoms with van der Waals surface area (Å²) in [7, 11) is 0. The van der Waals surface area contributed by atoms with E-state index < -0.39 is 0 Å². The van der Waals surface area contributed by atoms with E-state index in [0.717, 1.165) is 38.0 Å². The largest absolute Gasteiger partial charge is 0.353 e. The molecule has 0 bridgehead atoms. The fourth-order valence-corrected chi connectivity index (χ4v) is 2.85. The third-order valence-corrected chi connectivity index (χ3v) is 4.41. The van der Waals surface area contributed by atoms with Gasteiger partial charge in [-0.05, 0) is 37.6 Å². The van der Waals surface area contributed by atoms with Crippen molar-refractivity contribution in [2.45, 2.75) is 13.8 Å². The number of nitrogens with one attached hydrogen (secondary N) is 1. The first kappa shape index (κ1) is 14.4. The van der Waals surface area contributed by atoms with Gasteiger partial charge < -0.3 is 5.32 Å². The second-order valence-corrected chi connectivity index (χ2v) is 6.28. The van der Waals surface area contributed by atoms with Gasteiger partial charge in [-0.25, -0.2) is 0 Å². The molecule has 1 aromatic heterocycles. The van der Waals surface area contributed by atoms with Crippen molar-refractivity contribution in [1.29, 1.82) is 0 Å². The van der Waals surface area contributed by atoms with Gasteiger partial charge >= 0.3 is 0 Å². The van der Waals surface area contributed by atoms with Gasteiger partial charge in [0.05, 0.1) is 21.9 Å². The molecule has 0 spiro atoms. The number of rotatable bonds is 2. The molecule has 0 saturated heterocycles. The lowest BCUT2D eigenvalue weighted by Crippen LogP contribution is -1.98. The highest BCUT2D eigenvalue weighted by Gasteiger charge is 2.12. The Hall–Kier alpha value is -1.58. The minimum absolute atomic E-state index is 0.660. The molecule has 0 radical (unpaired) electrons. The first-order chi connectivity index (χ1) is 10.1. The van der Waals surface area contributed by atoms with Crippen LogP contribution in [-0.2, 0) is 0 Å². The van der Waals surface area contributed by atoms with Crippen LogP contribution < -0.4 is 5.32 Å². The Balaban J connectivity index is 2.20. The third-order valence-electron chi connectivity index (χ3n) is 3.46. The minimum Gasteiger partial charge on any atom is -0.353 e. The van der Waals surface area contributed by atoms with E-state index in [9.17, 15) is 0 Å². The Bertz CT molecular complexity index is 830. The number of para-hydroxylation sites is 1. The Kier molecular flexibility index (Phi) is 3.87. The molecule has 2 aromatic carbocycles. The van der Waals surface area contributed by atoms with Gasteiger partial charge in [-0.2, -0.15) is 0 Å². The second kappa shape index (κ2) is 5.66. The van der Waals surface area contributed by atoms with E-state index in [4.69, 9.17) is 11.6 Å². The fraction of sp³-hybridized carbons (Fsp3) is 0.118. The Morgan fingerprint density at radius 2 is 1.86 bits per heavy atom. The van der Waals surface area contributed by atoms with Crippen molar-refractivity contribution in [3.8, 4) is 0 Å². The van der Waals surface area contributed by atoms with Crippen LogP contribution in [0, 0.1) is 13.8 Å². The highest BCUT2D eigenvalue weighted by atomic mass is 79.9. The summed E-state index contributed by atoms with van der Waals surface area (Å²) >= 11 is 9.98. The van der Waals surface area contributed by atoms with E-state index in [2.05, 4.69) is 45.3 Å². The lowest BCUT2D eigenvalue weighted by Gasteiger charge is -2.15. The van der Waals surface area contributed by atoms with Gasteiger partial charge in [-0.3, -0.25) is 4.98 Å². The Morgan fingerprint density at radius 3 is 2.67 bits per heavy atom. The van der Waals surface area contributed by atoms with Gasteiger partial charge in [0.2, 0.25) is 0 Å². The van der Waals surface area contributed by atoms with Crippen molar-refractivity contribution in [1.82, 2.24) is 4.98 Å². The molecule has 0 aliphatic carbocycles. The molecule has 1 heterocycles. The number of fused-ring (bicyclic) bond motifs is 1. The number of aryl methyl sites for hydroxylation is 2. The molecular formula is C17H14BrClN2. The first-order valence-corrected chi connectivity index (χ1v) is 7.81. The molecule has 3 aromatic rings. The van der Waals surface area contributed by atoms with Crippen molar-refractivity contribution >= 4 is 49.8 Å². The molecule has 0 fully saturated rings. The van der Waals surface area contributed by atoms with Crippen LogP contribution >= 0.6 is 27.5 Å². The van der Waals surface area contributed by atoms with Gasteiger partial charge in [0.25, 0.3) is 0 Å². The van der Waals surface area contributed by atoms with Crippen molar-refractivity contribution < 1.29 is 0 Å². The Morgan fingerprint density at radius 1 is 1.10 bits per heavy atom. The summed E-state index contributed by atoms with van der Waals surface area (Å²) in [6, 6.07) is 14.1. The van der Waals surface area contributed by atoms with Crippen LogP contribution in [0.5, 0.6) is 0 Å². The number of nitrogens with zero attached hydrogens (tertiary/aromatic N) is 1. The molecule has 2 nitrogen and oxygen atoms in total. The summed E-state index contributed by atoms with van der Waals surface area (Å²) in [4.78, 5) is 4.54. The second-order valence-electron chi connectivity index (χ2n) is 4.99. The first-order valence-electron chi connectivity index (χ1n) is 6.64. The molecular weight excluding hydrogens is 348 g/mol. The van der Waals surface area contributed by atoms with Crippen LogP contribution in [0.4, 0.5) is 11.4 Å². The molecule has 1 N–H and O–H groups in total. The highest BCUT2D eigenvalue weighted by Crippen LogP contribution is 2.35. The number of pyridine rings is 1. The lowest BCUT2D eigenvalue weighted by molar-refractivity contribution is 1.25. The SMILES string of the molecule is Cc1ccc(Br)cc1Nc1c(Cl)c(C)nc2ccccc12. The van der Waals surface area contributed by atoms with E-state index in [1.165, 1.54) is 0 Å². The smallest absolute Gasteiger partial charge is 0.0860 e. The molecule has 21 heavy (non-hydrogen) atoms. The maximum absolute atomic E-state index is 6.48. The van der Waals surface area contributed by atoms with Gasteiger partial charge in [-0.15, -0.1) is 0 Å². The topological polar surface area (TPSA) is 24.9 Å². The average molecular weight is 362 g/mol. The monoisotopic (exact) mass is 360 g/mol. The fourth-order valence-electron chi connectivity index (χ4n) is 2.30. The number of halogens is 2. The van der Waals surface area contributed by atoms with E-state index in [0.29, 0.717) is 5.02 Å². The highest BCUT2D eigenvalue weighted by molar-refractivity contribution is 9.10. The summed E-state index contributed by atoms with van der Waals surface area (Å²) in [5, 5.41) is 5.14. The maximum atomic E-state index is 6.48. The minimum atomic E-state index is 0.660. The van der Waals surface area contributed by atoms with Crippen molar-refractivity contribution in [2.75, 3.05) is 5.32 Å². The molecule has 4 heteroatoms. The van der Waals surface area contributed by atoms with E-state index >= 15 is 0 Å². The molecule has 0 aliphatic rings. The van der Waals surface area contributed by atoms with E-state index in [1.54, 1.807) is 0 Å². The predicted octanol–water partition coefficient (Wildman–Crippen LogP) is 6.01. The van der Waals surface area contributed by atoms with Crippen LogP contribution in [0.15, 0.2) is 46.9 Å². The van der Waals surface area contributed by atoms with Gasteiger partial charge in [0.1, 0.15) is 0 Å². The number of anilines is 2. The summed E-state index contributed by atoms with van der Waals surface area (Å²) in [5.74, 6) is 0. The maximum Gasteiger partial charge on any atom is 0.0860 e. The molecule has 3 rings (SSSR count). The van der Waals surface area contributed by atoms with Gasteiger partial charge in [-0.1, -0.05) is 51.8 Å². The van der Waals surface area contributed by atoms with Crippen LogP contribution in [0.3, 0.4) is 0 Å². The van der Waals surface area contributed by atoms with Crippen LogP contribution in [0.1, 0.15) is 11.3 Å².